The summed E-state index contributed by atoms with van der Waals surface area (Å²) in [5.74, 6) is -0.819. The van der Waals surface area contributed by atoms with Gasteiger partial charge in [-0.25, -0.2) is 0 Å². The Hall–Kier alpha value is -1.46. The lowest BCUT2D eigenvalue weighted by Crippen LogP contribution is -2.83. The van der Waals surface area contributed by atoms with Gasteiger partial charge in [0.25, 0.3) is 0 Å². The number of unbranched alkanes of at least 4 members (excludes halogenated alkanes) is 2. The number of rotatable bonds is 12. The molecule has 2 fully saturated rings. The molecule has 2 saturated heterocycles. The lowest BCUT2D eigenvalue weighted by molar-refractivity contribution is -0.872. The minimum absolute atomic E-state index is 0.268. The molecule has 0 saturated carbocycles. The first kappa shape index (κ1) is 29.8. The van der Waals surface area contributed by atoms with Gasteiger partial charge in [-0.2, -0.15) is 0 Å². The van der Waals surface area contributed by atoms with E-state index in [-0.39, 0.29) is 12.6 Å². The van der Waals surface area contributed by atoms with E-state index in [1.807, 2.05) is 0 Å². The summed E-state index contributed by atoms with van der Waals surface area (Å²) in [6.45, 7) is 4.41. The van der Waals surface area contributed by atoms with Gasteiger partial charge in [-0.15, -0.1) is 0 Å². The molecule has 2 rings (SSSR count). The van der Waals surface area contributed by atoms with Crippen molar-refractivity contribution in [3.05, 3.63) is 0 Å². The third-order valence-electron chi connectivity index (χ3n) is 5.82. The Bertz CT molecular complexity index is 668. The van der Waals surface area contributed by atoms with Crippen molar-refractivity contribution in [2.45, 2.75) is 101 Å². The normalized spacial score (nSPS) is 37.6. The molecular weight excluding hydrogens is 472 g/mol. The van der Waals surface area contributed by atoms with Gasteiger partial charge in [0.1, 0.15) is 56.1 Å². The predicted molar refractivity (Wildman–Crippen MR) is 115 cm³/mol. The Morgan fingerprint density at radius 1 is 1.00 bits per heavy atom. The van der Waals surface area contributed by atoms with E-state index in [2.05, 4.69) is 5.32 Å². The molecule has 14 nitrogen and oxygen atoms in total. The first-order chi connectivity index (χ1) is 16.6. The molecule has 203 valence electrons. The van der Waals surface area contributed by atoms with Crippen molar-refractivity contribution in [2.24, 2.45) is 0 Å². The van der Waals surface area contributed by atoms with Crippen LogP contribution in [0.25, 0.3) is 0 Å². The lowest BCUT2D eigenvalue weighted by atomic mass is 9.95. The summed E-state index contributed by atoms with van der Waals surface area (Å²) in [6, 6.07) is -0.997. The summed E-state index contributed by atoms with van der Waals surface area (Å²) in [5, 5.41) is 53.1. The van der Waals surface area contributed by atoms with E-state index < -0.39 is 73.9 Å². The monoisotopic (exact) mass is 511 g/mol. The number of hydrogen-bond acceptors (Lipinski definition) is 12. The Morgan fingerprint density at radius 3 is 2.34 bits per heavy atom. The van der Waals surface area contributed by atoms with Crippen molar-refractivity contribution in [1.82, 2.24) is 5.32 Å². The van der Waals surface area contributed by atoms with E-state index in [4.69, 9.17) is 23.8 Å². The van der Waals surface area contributed by atoms with Gasteiger partial charge in [-0.05, 0) is 19.8 Å². The molecule has 1 amide bonds. The van der Waals surface area contributed by atoms with Crippen LogP contribution in [-0.4, -0.2) is 119 Å². The van der Waals surface area contributed by atoms with E-state index >= 15 is 0 Å². The molecular formula is C21H39N2O12+2. The van der Waals surface area contributed by atoms with Crippen molar-refractivity contribution >= 4 is 11.9 Å². The van der Waals surface area contributed by atoms with E-state index in [0.717, 1.165) is 12.8 Å². The molecule has 8 N–H and O–H groups in total. The zero-order chi connectivity index (χ0) is 26.1. The van der Waals surface area contributed by atoms with Crippen molar-refractivity contribution in [1.29, 1.82) is 0 Å². The van der Waals surface area contributed by atoms with E-state index in [1.54, 1.807) is 6.92 Å². The maximum absolute atomic E-state index is 11.9. The van der Waals surface area contributed by atoms with Crippen molar-refractivity contribution < 1.29 is 64.4 Å². The smallest absolute Gasteiger partial charge is 0.394 e. The zero-order valence-corrected chi connectivity index (χ0v) is 20.2. The summed E-state index contributed by atoms with van der Waals surface area (Å²) in [5.41, 5.74) is 1.45. The summed E-state index contributed by atoms with van der Waals surface area (Å²) in [6.07, 6.45) is -9.64. The Balaban J connectivity index is 2.00. The maximum Gasteiger partial charge on any atom is 0.635 e. The molecule has 35 heavy (non-hydrogen) atoms. The summed E-state index contributed by atoms with van der Waals surface area (Å²) in [7, 11) is 0. The van der Waals surface area contributed by atoms with Gasteiger partial charge < -0.3 is 49.8 Å². The molecule has 10 atom stereocenters. The number of carbonyl (C=O) groups is 2. The van der Waals surface area contributed by atoms with Gasteiger partial charge in [0.15, 0.2) is 12.6 Å². The first-order valence-corrected chi connectivity index (χ1v) is 11.7. The average Bonchev–Trinajstić information content (AvgIpc) is 2.80. The number of nitrogens with two attached hydrogens (primary N) is 1. The maximum atomic E-state index is 11.9. The Kier molecular flexibility index (Phi) is 12.2. The number of hydroxylamine groups is 1. The number of carbonyl (C=O) groups excluding carboxylic acids is 2. The van der Waals surface area contributed by atoms with Crippen LogP contribution in [0.15, 0.2) is 0 Å². The van der Waals surface area contributed by atoms with Gasteiger partial charge in [-0.1, -0.05) is 10.3 Å². The molecule has 0 aliphatic carbocycles. The largest absolute Gasteiger partial charge is 0.635 e. The highest BCUT2D eigenvalue weighted by atomic mass is 16.7. The highest BCUT2D eigenvalue weighted by molar-refractivity contribution is 5.73. The lowest BCUT2D eigenvalue weighted by Gasteiger charge is -2.47. The fourth-order valence-corrected chi connectivity index (χ4v) is 3.92. The predicted octanol–water partition coefficient (Wildman–Crippen LogP) is -3.99. The molecule has 0 aromatic heterocycles. The van der Waals surface area contributed by atoms with Crippen LogP contribution >= 0.6 is 0 Å². The molecule has 1 radical (unpaired) electrons. The van der Waals surface area contributed by atoms with Gasteiger partial charge in [0.2, 0.25) is 5.91 Å². The molecule has 2 aliphatic heterocycles. The molecule has 0 unspecified atom stereocenters. The number of ether oxygens (including phenoxy) is 4. The van der Waals surface area contributed by atoms with Crippen molar-refractivity contribution in [3.8, 4) is 0 Å². The van der Waals surface area contributed by atoms with Crippen LogP contribution in [0.2, 0.25) is 0 Å². The van der Waals surface area contributed by atoms with Gasteiger partial charge in [-0.3, -0.25) is 4.79 Å². The van der Waals surface area contributed by atoms with Crippen LogP contribution < -0.4 is 10.8 Å². The molecule has 0 aromatic rings. The summed E-state index contributed by atoms with van der Waals surface area (Å²) in [4.78, 5) is 27.4. The molecule has 2 heterocycles. The van der Waals surface area contributed by atoms with Crippen LogP contribution in [0.3, 0.4) is 0 Å². The van der Waals surface area contributed by atoms with Crippen LogP contribution in [0.1, 0.15) is 40.0 Å². The second kappa shape index (κ2) is 14.3. The van der Waals surface area contributed by atoms with E-state index in [9.17, 15) is 35.1 Å². The van der Waals surface area contributed by atoms with Gasteiger partial charge >= 0.3 is 5.97 Å². The fourth-order valence-electron chi connectivity index (χ4n) is 3.92. The number of aliphatic hydroxyl groups is 5. The zero-order valence-electron chi connectivity index (χ0n) is 20.2. The third kappa shape index (κ3) is 8.56. The SMILES string of the molecule is CC(=O)N[C@@H]1[C@@H](OCCCCC[NH2+]OC(C)=[O+])O[C@@H](C)[C@@H](O)[C@H]1O[C@@H]1O[C@H](CO)[C@@H](O)[C@H](O)[C@H]1O. The van der Waals surface area contributed by atoms with Gasteiger partial charge in [0, 0.05) is 20.0 Å². The number of nitrogens with one attached hydrogen (secondary N) is 1. The Labute approximate surface area is 203 Å². The van der Waals surface area contributed by atoms with Crippen LogP contribution in [0.5, 0.6) is 0 Å². The highest BCUT2D eigenvalue weighted by Crippen LogP contribution is 2.29. The standard InChI is InChI=1S/C21H38N2O12/c1-10-15(27)19(34-21-18(30)17(29)16(28)13(9-24)33-21)14(23-11(2)25)20(32-10)31-8-6-4-5-7-22-35-12(3)26/h10,13-22,24,27-30H,4-9H2,1-3H3,(H,23,25)/q+1/p+1/t10-,13+,14-,15+,16+,17-,18+,19-,20-,21-/m0/s1. The minimum Gasteiger partial charge on any atom is -0.394 e. The third-order valence-corrected chi connectivity index (χ3v) is 5.82. The molecule has 0 bridgehead atoms. The van der Waals surface area contributed by atoms with Crippen LogP contribution in [0.4, 0.5) is 0 Å². The first-order valence-electron chi connectivity index (χ1n) is 11.7. The average molecular weight is 512 g/mol. The fraction of sp³-hybridized carbons (Fsp3) is 0.905. The topological polar surface area (TPSA) is 213 Å². The minimum atomic E-state index is -1.68. The molecule has 0 spiro atoms. The number of hydrogen-bond donors (Lipinski definition) is 7. The van der Waals surface area contributed by atoms with Gasteiger partial charge in [0.05, 0.1) is 17.5 Å². The van der Waals surface area contributed by atoms with Crippen molar-refractivity contribution in [2.75, 3.05) is 19.8 Å². The molecule has 2 aliphatic rings. The summed E-state index contributed by atoms with van der Waals surface area (Å²) < 4.78 is 22.8. The van der Waals surface area contributed by atoms with E-state index in [1.165, 1.54) is 19.3 Å². The molecule has 0 aromatic carbocycles. The number of amides is 1. The van der Waals surface area contributed by atoms with Crippen LogP contribution in [-0.2, 0) is 33.4 Å². The second-order valence-corrected chi connectivity index (χ2v) is 8.72. The summed E-state index contributed by atoms with van der Waals surface area (Å²) >= 11 is 0. The Morgan fingerprint density at radius 2 is 1.71 bits per heavy atom. The van der Waals surface area contributed by atoms with E-state index in [0.29, 0.717) is 13.0 Å². The molecule has 14 heteroatoms. The number of aliphatic hydroxyl groups excluding tert-OH is 5. The van der Waals surface area contributed by atoms with Crippen molar-refractivity contribution in [3.63, 3.8) is 0 Å². The van der Waals surface area contributed by atoms with Crippen LogP contribution in [0, 0.1) is 0 Å². The second-order valence-electron chi connectivity index (χ2n) is 8.72. The number of quaternary nitrogens is 1. The quantitative estimate of drug-likeness (QED) is 0.0759. The highest BCUT2D eigenvalue weighted by Gasteiger charge is 2.50.